The van der Waals surface area contributed by atoms with Gasteiger partial charge in [-0.3, -0.25) is 0 Å². The predicted molar refractivity (Wildman–Crippen MR) is 75.5 cm³/mol. The fraction of sp³-hybridized carbons (Fsp3) is 0.533. The molecule has 3 heteroatoms. The van der Waals surface area contributed by atoms with Crippen molar-refractivity contribution in [3.05, 3.63) is 29.3 Å². The molecule has 0 fully saturated rings. The average Bonchev–Trinajstić information content (AvgIpc) is 2.26. The summed E-state index contributed by atoms with van der Waals surface area (Å²) >= 11 is 0. The molecule has 3 nitrogen and oxygen atoms in total. The molecule has 1 aromatic rings. The van der Waals surface area contributed by atoms with Gasteiger partial charge in [0, 0.05) is 13.1 Å². The lowest BCUT2D eigenvalue weighted by atomic mass is 10.0. The van der Waals surface area contributed by atoms with E-state index in [1.54, 1.807) is 6.07 Å². The Morgan fingerprint density at radius 3 is 2.44 bits per heavy atom. The lowest BCUT2D eigenvalue weighted by molar-refractivity contribution is 0.0697. The number of carbonyl (C=O) groups is 1. The molecule has 0 aliphatic heterocycles. The summed E-state index contributed by atoms with van der Waals surface area (Å²) in [4.78, 5) is 13.4. The molecule has 1 unspecified atom stereocenters. The Morgan fingerprint density at radius 2 is 1.94 bits per heavy atom. The van der Waals surface area contributed by atoms with Crippen molar-refractivity contribution in [2.75, 3.05) is 11.9 Å². The number of carboxylic acid groups (broad SMARTS) is 1. The second kappa shape index (κ2) is 5.89. The number of carboxylic acids is 1. The van der Waals surface area contributed by atoms with Crippen LogP contribution in [0.25, 0.3) is 0 Å². The van der Waals surface area contributed by atoms with Gasteiger partial charge < -0.3 is 10.0 Å². The van der Waals surface area contributed by atoms with Crippen LogP contribution in [-0.2, 0) is 0 Å². The number of rotatable bonds is 5. The Bertz CT molecular complexity index is 427. The second-order valence-corrected chi connectivity index (χ2v) is 5.42. The van der Waals surface area contributed by atoms with E-state index < -0.39 is 5.97 Å². The zero-order valence-electron chi connectivity index (χ0n) is 11.9. The SMILES string of the molecule is Cc1ccc(N(C)C(C)CC(C)C)c(C(=O)O)c1. The van der Waals surface area contributed by atoms with Crippen LogP contribution >= 0.6 is 0 Å². The number of anilines is 1. The first kappa shape index (κ1) is 14.6. The van der Waals surface area contributed by atoms with Gasteiger partial charge in [0.15, 0.2) is 0 Å². The Morgan fingerprint density at radius 1 is 1.33 bits per heavy atom. The van der Waals surface area contributed by atoms with E-state index in [4.69, 9.17) is 0 Å². The van der Waals surface area contributed by atoms with Gasteiger partial charge >= 0.3 is 5.97 Å². The van der Waals surface area contributed by atoms with E-state index in [1.807, 2.05) is 26.1 Å². The van der Waals surface area contributed by atoms with E-state index >= 15 is 0 Å². The van der Waals surface area contributed by atoms with Crippen molar-refractivity contribution >= 4 is 11.7 Å². The minimum absolute atomic E-state index is 0.325. The lowest BCUT2D eigenvalue weighted by Crippen LogP contribution is -2.31. The standard InChI is InChI=1S/C15H23NO2/c1-10(2)8-12(4)16(5)14-7-6-11(3)9-13(14)15(17)18/h6-7,9-10,12H,8H2,1-5H3,(H,17,18). The predicted octanol–water partition coefficient (Wildman–Crippen LogP) is 3.56. The van der Waals surface area contributed by atoms with Gasteiger partial charge in [-0.05, 0) is 38.3 Å². The molecule has 18 heavy (non-hydrogen) atoms. The minimum atomic E-state index is -0.864. The van der Waals surface area contributed by atoms with Crippen LogP contribution in [0.4, 0.5) is 5.69 Å². The Kier molecular flexibility index (Phi) is 4.76. The molecule has 0 bridgehead atoms. The van der Waals surface area contributed by atoms with Crippen LogP contribution in [-0.4, -0.2) is 24.2 Å². The van der Waals surface area contributed by atoms with Gasteiger partial charge in [0.25, 0.3) is 0 Å². The van der Waals surface area contributed by atoms with E-state index in [0.29, 0.717) is 17.5 Å². The average molecular weight is 249 g/mol. The zero-order valence-corrected chi connectivity index (χ0v) is 11.9. The molecule has 0 aliphatic rings. The van der Waals surface area contributed by atoms with Crippen molar-refractivity contribution in [2.45, 2.75) is 40.2 Å². The molecule has 0 saturated carbocycles. The molecule has 0 radical (unpaired) electrons. The maximum atomic E-state index is 11.3. The van der Waals surface area contributed by atoms with Gasteiger partial charge in [-0.2, -0.15) is 0 Å². The summed E-state index contributed by atoms with van der Waals surface area (Å²) in [7, 11) is 1.96. The molecule has 0 aliphatic carbocycles. The van der Waals surface area contributed by atoms with Gasteiger partial charge in [-0.25, -0.2) is 4.79 Å². The largest absolute Gasteiger partial charge is 0.478 e. The summed E-state index contributed by atoms with van der Waals surface area (Å²) in [5, 5.41) is 9.28. The number of aromatic carboxylic acids is 1. The third-order valence-electron chi connectivity index (χ3n) is 3.24. The summed E-state index contributed by atoms with van der Waals surface area (Å²) in [5.74, 6) is -0.265. The smallest absolute Gasteiger partial charge is 0.337 e. The van der Waals surface area contributed by atoms with Crippen molar-refractivity contribution in [3.63, 3.8) is 0 Å². The molecule has 0 spiro atoms. The molecular weight excluding hydrogens is 226 g/mol. The maximum absolute atomic E-state index is 11.3. The summed E-state index contributed by atoms with van der Waals surface area (Å²) in [6.45, 7) is 8.40. The number of hydrogen-bond donors (Lipinski definition) is 1. The third kappa shape index (κ3) is 3.49. The number of aryl methyl sites for hydroxylation is 1. The topological polar surface area (TPSA) is 40.5 Å². The van der Waals surface area contributed by atoms with Gasteiger partial charge in [0.1, 0.15) is 0 Å². The molecule has 1 N–H and O–H groups in total. The first-order chi connectivity index (χ1) is 8.32. The van der Waals surface area contributed by atoms with Crippen molar-refractivity contribution in [3.8, 4) is 0 Å². The van der Waals surface area contributed by atoms with E-state index in [9.17, 15) is 9.90 Å². The fourth-order valence-corrected chi connectivity index (χ4v) is 2.21. The van der Waals surface area contributed by atoms with E-state index in [0.717, 1.165) is 17.7 Å². The Labute approximate surface area is 109 Å². The van der Waals surface area contributed by atoms with Gasteiger partial charge in [-0.1, -0.05) is 25.5 Å². The molecule has 100 valence electrons. The van der Waals surface area contributed by atoms with Crippen LogP contribution in [0.15, 0.2) is 18.2 Å². The van der Waals surface area contributed by atoms with Crippen LogP contribution in [0.2, 0.25) is 0 Å². The van der Waals surface area contributed by atoms with Gasteiger partial charge in [-0.15, -0.1) is 0 Å². The summed E-state index contributed by atoms with van der Waals surface area (Å²) in [6.07, 6.45) is 1.05. The van der Waals surface area contributed by atoms with E-state index in [1.165, 1.54) is 0 Å². The molecule has 1 atom stereocenters. The highest BCUT2D eigenvalue weighted by atomic mass is 16.4. The monoisotopic (exact) mass is 249 g/mol. The molecule has 0 heterocycles. The van der Waals surface area contributed by atoms with Gasteiger partial charge in [0.2, 0.25) is 0 Å². The number of hydrogen-bond acceptors (Lipinski definition) is 2. The molecule has 0 saturated heterocycles. The second-order valence-electron chi connectivity index (χ2n) is 5.42. The van der Waals surface area contributed by atoms with Crippen molar-refractivity contribution in [2.24, 2.45) is 5.92 Å². The van der Waals surface area contributed by atoms with Crippen molar-refractivity contribution < 1.29 is 9.90 Å². The van der Waals surface area contributed by atoms with Gasteiger partial charge in [0.05, 0.1) is 11.3 Å². The zero-order chi connectivity index (χ0) is 13.9. The third-order valence-corrected chi connectivity index (χ3v) is 3.24. The van der Waals surface area contributed by atoms with Crippen LogP contribution in [0, 0.1) is 12.8 Å². The molecular formula is C15H23NO2. The van der Waals surface area contributed by atoms with E-state index in [2.05, 4.69) is 25.7 Å². The maximum Gasteiger partial charge on any atom is 0.337 e. The summed E-state index contributed by atoms with van der Waals surface area (Å²) in [5.41, 5.74) is 2.15. The van der Waals surface area contributed by atoms with E-state index in [-0.39, 0.29) is 0 Å². The molecule has 0 aromatic heterocycles. The van der Waals surface area contributed by atoms with Crippen molar-refractivity contribution in [1.29, 1.82) is 0 Å². The quantitative estimate of drug-likeness (QED) is 0.867. The highest BCUT2D eigenvalue weighted by Crippen LogP contribution is 2.24. The minimum Gasteiger partial charge on any atom is -0.478 e. The number of nitrogens with zero attached hydrogens (tertiary/aromatic N) is 1. The highest BCUT2D eigenvalue weighted by Gasteiger charge is 2.18. The summed E-state index contributed by atoms with van der Waals surface area (Å²) in [6, 6.07) is 5.91. The first-order valence-corrected chi connectivity index (χ1v) is 6.39. The Balaban J connectivity index is 3.04. The van der Waals surface area contributed by atoms with Crippen LogP contribution in [0.1, 0.15) is 43.1 Å². The van der Waals surface area contributed by atoms with Crippen LogP contribution in [0.5, 0.6) is 0 Å². The molecule has 1 aromatic carbocycles. The normalized spacial score (nSPS) is 12.6. The Hall–Kier alpha value is -1.51. The number of benzene rings is 1. The first-order valence-electron chi connectivity index (χ1n) is 6.39. The fourth-order valence-electron chi connectivity index (χ4n) is 2.21. The van der Waals surface area contributed by atoms with Crippen LogP contribution < -0.4 is 4.90 Å². The lowest BCUT2D eigenvalue weighted by Gasteiger charge is -2.29. The molecule has 1 rings (SSSR count). The summed E-state index contributed by atoms with van der Waals surface area (Å²) < 4.78 is 0. The van der Waals surface area contributed by atoms with Crippen molar-refractivity contribution in [1.82, 2.24) is 0 Å². The highest BCUT2D eigenvalue weighted by molar-refractivity contribution is 5.94. The molecule has 0 amide bonds. The van der Waals surface area contributed by atoms with Crippen LogP contribution in [0.3, 0.4) is 0 Å².